The number of nitrogens with zero attached hydrogens (tertiary/aromatic N) is 2. The van der Waals surface area contributed by atoms with Crippen LogP contribution in [0.3, 0.4) is 0 Å². The number of aromatic amines is 1. The van der Waals surface area contributed by atoms with Gasteiger partial charge in [-0.2, -0.15) is 0 Å². The second-order valence-corrected chi connectivity index (χ2v) is 12.2. The van der Waals surface area contributed by atoms with Crippen LogP contribution in [-0.2, 0) is 11.2 Å². The van der Waals surface area contributed by atoms with Crippen LogP contribution in [-0.4, -0.2) is 34.4 Å². The molecule has 8 rings (SSSR count). The highest BCUT2D eigenvalue weighted by Gasteiger charge is 2.56. The van der Waals surface area contributed by atoms with Crippen LogP contribution in [0.25, 0.3) is 10.9 Å². The third-order valence-electron chi connectivity index (χ3n) is 9.57. The Labute approximate surface area is 220 Å². The van der Waals surface area contributed by atoms with E-state index in [-0.39, 0.29) is 22.0 Å². The smallest absolute Gasteiger partial charge is 0.288 e. The summed E-state index contributed by atoms with van der Waals surface area (Å²) in [6.45, 7) is 0.582. The number of benzene rings is 2. The zero-order valence-corrected chi connectivity index (χ0v) is 21.6. The summed E-state index contributed by atoms with van der Waals surface area (Å²) in [6, 6.07) is 10.5. The molecule has 0 spiro atoms. The van der Waals surface area contributed by atoms with Crippen molar-refractivity contribution in [2.24, 2.45) is 23.2 Å². The van der Waals surface area contributed by atoms with Crippen LogP contribution in [0, 0.1) is 33.3 Å². The van der Waals surface area contributed by atoms with E-state index in [0.29, 0.717) is 29.9 Å². The maximum absolute atomic E-state index is 14.6. The zero-order valence-electron chi connectivity index (χ0n) is 20.8. The molecule has 4 aliphatic carbocycles. The molecule has 4 saturated carbocycles. The molecule has 1 N–H and O–H groups in total. The zero-order chi connectivity index (χ0) is 25.5. The van der Waals surface area contributed by atoms with Crippen molar-refractivity contribution in [3.05, 3.63) is 68.4 Å². The van der Waals surface area contributed by atoms with Gasteiger partial charge in [0.15, 0.2) is 0 Å². The van der Waals surface area contributed by atoms with Crippen molar-refractivity contribution in [1.82, 2.24) is 9.88 Å². The molecule has 37 heavy (non-hydrogen) atoms. The van der Waals surface area contributed by atoms with E-state index < -0.39 is 11.0 Å². The minimum Gasteiger partial charge on any atom is -0.497 e. The Bertz CT molecular complexity index is 1410. The maximum atomic E-state index is 14.6. The number of nitrogens with one attached hydrogen (secondary N) is 1. The highest BCUT2D eigenvalue weighted by atomic mass is 35.5. The molecule has 5 aliphatic rings. The number of fused-ring (bicyclic) bond motifs is 3. The molecular formula is C29H30ClN3O4. The third kappa shape index (κ3) is 3.50. The van der Waals surface area contributed by atoms with Gasteiger partial charge in [0.25, 0.3) is 5.69 Å². The molecule has 7 nitrogen and oxygen atoms in total. The number of halogens is 1. The van der Waals surface area contributed by atoms with Crippen molar-refractivity contribution in [2.45, 2.75) is 51.0 Å². The van der Waals surface area contributed by atoms with Gasteiger partial charge in [-0.3, -0.25) is 14.9 Å². The lowest BCUT2D eigenvalue weighted by Gasteiger charge is -2.57. The molecule has 4 bridgehead atoms. The largest absolute Gasteiger partial charge is 0.497 e. The third-order valence-corrected chi connectivity index (χ3v) is 9.89. The fourth-order valence-electron chi connectivity index (χ4n) is 8.48. The van der Waals surface area contributed by atoms with Crippen molar-refractivity contribution in [2.75, 3.05) is 13.7 Å². The quantitative estimate of drug-likeness (QED) is 0.318. The Kier molecular flexibility index (Phi) is 5.13. The summed E-state index contributed by atoms with van der Waals surface area (Å²) in [7, 11) is 1.65. The van der Waals surface area contributed by atoms with E-state index in [0.717, 1.165) is 53.6 Å². The Balaban J connectivity index is 1.37. The lowest BCUT2D eigenvalue weighted by molar-refractivity contribution is -0.384. The fourth-order valence-corrected chi connectivity index (χ4v) is 8.66. The van der Waals surface area contributed by atoms with Crippen molar-refractivity contribution in [3.63, 3.8) is 0 Å². The van der Waals surface area contributed by atoms with Gasteiger partial charge >= 0.3 is 0 Å². The summed E-state index contributed by atoms with van der Waals surface area (Å²) in [5.41, 5.74) is 3.34. The van der Waals surface area contributed by atoms with E-state index in [9.17, 15) is 14.9 Å². The second-order valence-electron chi connectivity index (χ2n) is 11.7. The number of ether oxygens (including phenoxy) is 1. The standard InChI is InChI=1S/C29H30ClN3O4/c1-37-20-3-5-24-22(12-20)21-6-7-32(28(34)29-13-16-8-17(14-29)10-18(9-16)15-29)27(26(21)31-24)19-2-4-23(30)25(11-19)33(35)36/h2-5,11-12,16-18,27,31H,6-10,13-15H2,1H3. The minimum absolute atomic E-state index is 0.102. The minimum atomic E-state index is -0.448. The predicted molar refractivity (Wildman–Crippen MR) is 141 cm³/mol. The van der Waals surface area contributed by atoms with E-state index >= 15 is 0 Å². The predicted octanol–water partition coefficient (Wildman–Crippen LogP) is 6.43. The first-order valence-corrected chi connectivity index (χ1v) is 13.7. The van der Waals surface area contributed by atoms with E-state index in [4.69, 9.17) is 16.3 Å². The van der Waals surface area contributed by atoms with Gasteiger partial charge < -0.3 is 14.6 Å². The molecule has 192 valence electrons. The number of nitro groups is 1. The molecule has 1 aromatic heterocycles. The summed E-state index contributed by atoms with van der Waals surface area (Å²) < 4.78 is 5.48. The molecule has 3 aromatic rings. The number of aromatic nitrogens is 1. The average Bonchev–Trinajstić information content (AvgIpc) is 3.25. The number of hydrogen-bond acceptors (Lipinski definition) is 4. The van der Waals surface area contributed by atoms with Crippen LogP contribution >= 0.6 is 11.6 Å². The highest BCUT2D eigenvalue weighted by Crippen LogP contribution is 2.61. The molecule has 2 aromatic carbocycles. The van der Waals surface area contributed by atoms with Gasteiger partial charge in [0, 0.05) is 29.2 Å². The summed E-state index contributed by atoms with van der Waals surface area (Å²) in [5.74, 6) is 2.99. The summed E-state index contributed by atoms with van der Waals surface area (Å²) in [6.07, 6.45) is 7.50. The average molecular weight is 520 g/mol. The maximum Gasteiger partial charge on any atom is 0.288 e. The molecule has 1 amide bonds. The van der Waals surface area contributed by atoms with Gasteiger partial charge in [-0.15, -0.1) is 0 Å². The lowest BCUT2D eigenvalue weighted by atomic mass is 9.49. The topological polar surface area (TPSA) is 88.5 Å². The molecular weight excluding hydrogens is 490 g/mol. The van der Waals surface area contributed by atoms with Gasteiger partial charge in [-0.25, -0.2) is 0 Å². The van der Waals surface area contributed by atoms with Crippen LogP contribution in [0.4, 0.5) is 5.69 Å². The first-order valence-electron chi connectivity index (χ1n) is 13.3. The number of H-pyrrole nitrogens is 1. The summed E-state index contributed by atoms with van der Waals surface area (Å²) in [4.78, 5) is 31.5. The van der Waals surface area contributed by atoms with E-state index in [2.05, 4.69) is 4.98 Å². The SMILES string of the molecule is COc1ccc2[nH]c3c(c2c1)CCN(C(=O)C12CC4CC(CC(C4)C1)C2)C3c1ccc(Cl)c([N+](=O)[O-])c1. The van der Waals surface area contributed by atoms with Gasteiger partial charge in [0.05, 0.1) is 23.5 Å². The molecule has 2 heterocycles. The normalized spacial score (nSPS) is 29.9. The van der Waals surface area contributed by atoms with Crippen LogP contribution in [0.1, 0.15) is 61.4 Å². The Hall–Kier alpha value is -3.06. The van der Waals surface area contributed by atoms with Crippen LogP contribution in [0.15, 0.2) is 36.4 Å². The fraction of sp³-hybridized carbons (Fsp3) is 0.483. The van der Waals surface area contributed by atoms with Gasteiger partial charge in [0.1, 0.15) is 10.8 Å². The number of rotatable bonds is 4. The van der Waals surface area contributed by atoms with Crippen LogP contribution in [0.2, 0.25) is 5.02 Å². The molecule has 0 radical (unpaired) electrons. The second kappa shape index (κ2) is 8.22. The Morgan fingerprint density at radius 1 is 1.11 bits per heavy atom. The number of carbonyl (C=O) groups is 1. The molecule has 0 saturated heterocycles. The number of carbonyl (C=O) groups excluding carboxylic acids is 1. The number of amides is 1. The Morgan fingerprint density at radius 2 is 1.81 bits per heavy atom. The van der Waals surface area contributed by atoms with E-state index in [1.807, 2.05) is 29.2 Å². The lowest BCUT2D eigenvalue weighted by Crippen LogP contribution is -2.56. The monoisotopic (exact) mass is 519 g/mol. The van der Waals surface area contributed by atoms with Crippen molar-refractivity contribution < 1.29 is 14.5 Å². The molecule has 1 atom stereocenters. The highest BCUT2D eigenvalue weighted by molar-refractivity contribution is 6.32. The van der Waals surface area contributed by atoms with E-state index in [1.165, 1.54) is 19.3 Å². The first kappa shape index (κ1) is 23.1. The number of hydrogen-bond donors (Lipinski definition) is 1. The summed E-state index contributed by atoms with van der Waals surface area (Å²) >= 11 is 6.19. The van der Waals surface area contributed by atoms with Gasteiger partial charge in [-0.1, -0.05) is 17.7 Å². The molecule has 1 unspecified atom stereocenters. The number of nitro benzene ring substituents is 1. The van der Waals surface area contributed by atoms with Gasteiger partial charge in [-0.05, 0) is 98.1 Å². The van der Waals surface area contributed by atoms with Gasteiger partial charge in [0.2, 0.25) is 5.91 Å². The van der Waals surface area contributed by atoms with Crippen LogP contribution < -0.4 is 4.74 Å². The summed E-state index contributed by atoms with van der Waals surface area (Å²) in [5, 5.41) is 13.0. The van der Waals surface area contributed by atoms with Crippen molar-refractivity contribution in [3.8, 4) is 5.75 Å². The molecule has 1 aliphatic heterocycles. The molecule has 4 fully saturated rings. The van der Waals surface area contributed by atoms with Crippen molar-refractivity contribution >= 4 is 34.1 Å². The van der Waals surface area contributed by atoms with Crippen molar-refractivity contribution in [1.29, 1.82) is 0 Å². The first-order chi connectivity index (χ1) is 17.8. The molecule has 8 heteroatoms. The van der Waals surface area contributed by atoms with Crippen LogP contribution in [0.5, 0.6) is 5.75 Å². The van der Waals surface area contributed by atoms with E-state index in [1.54, 1.807) is 19.2 Å². The Morgan fingerprint density at radius 3 is 2.46 bits per heavy atom. The number of methoxy groups -OCH3 is 1.